The van der Waals surface area contributed by atoms with Gasteiger partial charge in [0.1, 0.15) is 6.73 Å². The number of carbonyl (C=O) groups is 1. The van der Waals surface area contributed by atoms with Crippen LogP contribution >= 0.6 is 0 Å². The predicted molar refractivity (Wildman–Crippen MR) is 67.4 cm³/mol. The molecule has 0 unspecified atom stereocenters. The van der Waals surface area contributed by atoms with E-state index in [1.165, 1.54) is 12.5 Å². The standard InChI is InChI=1S/C14H19NO3/c1-3-13-9-14(12-7-5-4-6-8-12)17-10-15(13)18-11(2)16/h4-8,13-14H,3,9-10H2,1-2H3/t13-,14+/m1/s1. The summed E-state index contributed by atoms with van der Waals surface area (Å²) in [6, 6.07) is 10.4. The van der Waals surface area contributed by atoms with Crippen LogP contribution in [0, 0.1) is 0 Å². The van der Waals surface area contributed by atoms with Crippen molar-refractivity contribution in [2.75, 3.05) is 6.73 Å². The van der Waals surface area contributed by atoms with Gasteiger partial charge in [-0.25, -0.2) is 0 Å². The highest BCUT2D eigenvalue weighted by Crippen LogP contribution is 2.30. The van der Waals surface area contributed by atoms with Gasteiger partial charge in [0.2, 0.25) is 0 Å². The Morgan fingerprint density at radius 2 is 2.17 bits per heavy atom. The molecule has 0 aromatic heterocycles. The molecule has 0 amide bonds. The van der Waals surface area contributed by atoms with E-state index >= 15 is 0 Å². The molecule has 2 atom stereocenters. The molecule has 0 N–H and O–H groups in total. The van der Waals surface area contributed by atoms with Crippen LogP contribution in [0.15, 0.2) is 30.3 Å². The Labute approximate surface area is 107 Å². The number of hydrogen-bond acceptors (Lipinski definition) is 4. The first-order chi connectivity index (χ1) is 8.70. The van der Waals surface area contributed by atoms with Gasteiger partial charge in [-0.1, -0.05) is 37.3 Å². The maximum Gasteiger partial charge on any atom is 0.322 e. The normalized spacial score (nSPS) is 24.8. The van der Waals surface area contributed by atoms with Crippen molar-refractivity contribution in [3.05, 3.63) is 35.9 Å². The van der Waals surface area contributed by atoms with Gasteiger partial charge in [-0.3, -0.25) is 4.79 Å². The lowest BCUT2D eigenvalue weighted by atomic mass is 9.99. The van der Waals surface area contributed by atoms with E-state index in [4.69, 9.17) is 9.57 Å². The van der Waals surface area contributed by atoms with Gasteiger partial charge in [-0.15, -0.1) is 5.06 Å². The summed E-state index contributed by atoms with van der Waals surface area (Å²) >= 11 is 0. The SMILES string of the molecule is CC[C@@H]1C[C@@H](c2ccccc2)OCN1OC(C)=O. The molecule has 98 valence electrons. The molecule has 2 rings (SSSR count). The summed E-state index contributed by atoms with van der Waals surface area (Å²) in [4.78, 5) is 16.2. The van der Waals surface area contributed by atoms with Crippen molar-refractivity contribution < 1.29 is 14.4 Å². The minimum absolute atomic E-state index is 0.0861. The molecule has 0 radical (unpaired) electrons. The molecule has 0 saturated carbocycles. The Bertz CT molecular complexity index is 393. The Balaban J connectivity index is 2.02. The van der Waals surface area contributed by atoms with Crippen LogP contribution in [-0.2, 0) is 14.4 Å². The van der Waals surface area contributed by atoms with Crippen molar-refractivity contribution in [3.63, 3.8) is 0 Å². The van der Waals surface area contributed by atoms with Crippen molar-refractivity contribution in [2.45, 2.75) is 38.8 Å². The van der Waals surface area contributed by atoms with Crippen LogP contribution in [0.25, 0.3) is 0 Å². The molecular weight excluding hydrogens is 230 g/mol. The number of nitrogens with zero attached hydrogens (tertiary/aromatic N) is 1. The summed E-state index contributed by atoms with van der Waals surface area (Å²) in [5.74, 6) is -0.296. The number of hydroxylamine groups is 2. The zero-order valence-electron chi connectivity index (χ0n) is 10.8. The van der Waals surface area contributed by atoms with Crippen molar-refractivity contribution in [3.8, 4) is 0 Å². The third kappa shape index (κ3) is 3.09. The Kier molecular flexibility index (Phi) is 4.33. The maximum atomic E-state index is 11.0. The maximum absolute atomic E-state index is 11.0. The van der Waals surface area contributed by atoms with Crippen molar-refractivity contribution in [1.82, 2.24) is 5.06 Å². The molecule has 1 aliphatic rings. The summed E-state index contributed by atoms with van der Waals surface area (Å²) in [6.07, 6.45) is 1.86. The van der Waals surface area contributed by atoms with E-state index < -0.39 is 0 Å². The van der Waals surface area contributed by atoms with Gasteiger partial charge in [-0.2, -0.15) is 0 Å². The first-order valence-corrected chi connectivity index (χ1v) is 6.32. The highest BCUT2D eigenvalue weighted by atomic mass is 16.7. The number of carbonyl (C=O) groups excluding carboxylic acids is 1. The fraction of sp³-hybridized carbons (Fsp3) is 0.500. The summed E-state index contributed by atoms with van der Waals surface area (Å²) in [7, 11) is 0. The molecule has 4 heteroatoms. The number of ether oxygens (including phenoxy) is 1. The molecule has 1 aromatic carbocycles. The van der Waals surface area contributed by atoms with Crippen LogP contribution in [-0.4, -0.2) is 23.8 Å². The minimum atomic E-state index is -0.296. The van der Waals surface area contributed by atoms with E-state index in [0.717, 1.165) is 12.8 Å². The summed E-state index contributed by atoms with van der Waals surface area (Å²) in [6.45, 7) is 3.84. The van der Waals surface area contributed by atoms with E-state index in [1.54, 1.807) is 5.06 Å². The van der Waals surface area contributed by atoms with Crippen LogP contribution in [0.3, 0.4) is 0 Å². The molecule has 1 aromatic rings. The second-order valence-corrected chi connectivity index (χ2v) is 4.49. The van der Waals surface area contributed by atoms with Crippen molar-refractivity contribution >= 4 is 5.97 Å². The molecule has 0 spiro atoms. The lowest BCUT2D eigenvalue weighted by molar-refractivity contribution is -0.258. The third-order valence-electron chi connectivity index (χ3n) is 3.18. The van der Waals surface area contributed by atoms with E-state index in [9.17, 15) is 4.79 Å². The zero-order valence-corrected chi connectivity index (χ0v) is 10.8. The van der Waals surface area contributed by atoms with Crippen LogP contribution in [0.5, 0.6) is 0 Å². The van der Waals surface area contributed by atoms with E-state index in [0.29, 0.717) is 6.73 Å². The van der Waals surface area contributed by atoms with Crippen LogP contribution in [0.4, 0.5) is 0 Å². The van der Waals surface area contributed by atoms with Crippen LogP contribution in [0.2, 0.25) is 0 Å². The molecular formula is C14H19NO3. The highest BCUT2D eigenvalue weighted by Gasteiger charge is 2.30. The quantitative estimate of drug-likeness (QED) is 0.825. The average molecular weight is 249 g/mol. The predicted octanol–water partition coefficient (Wildman–Crippen LogP) is 2.66. The lowest BCUT2D eigenvalue weighted by Gasteiger charge is -2.37. The summed E-state index contributed by atoms with van der Waals surface area (Å²) in [5, 5.41) is 1.64. The topological polar surface area (TPSA) is 38.8 Å². The number of benzene rings is 1. The smallest absolute Gasteiger partial charge is 0.322 e. The first kappa shape index (κ1) is 13.1. The molecule has 18 heavy (non-hydrogen) atoms. The van der Waals surface area contributed by atoms with Crippen molar-refractivity contribution in [1.29, 1.82) is 0 Å². The third-order valence-corrected chi connectivity index (χ3v) is 3.18. The molecule has 1 fully saturated rings. The second kappa shape index (κ2) is 5.98. The fourth-order valence-corrected chi connectivity index (χ4v) is 2.24. The molecule has 1 aliphatic heterocycles. The van der Waals surface area contributed by atoms with Crippen molar-refractivity contribution in [2.24, 2.45) is 0 Å². The second-order valence-electron chi connectivity index (χ2n) is 4.49. The van der Waals surface area contributed by atoms with Gasteiger partial charge in [0.25, 0.3) is 0 Å². The zero-order chi connectivity index (χ0) is 13.0. The fourth-order valence-electron chi connectivity index (χ4n) is 2.24. The molecule has 1 saturated heterocycles. The molecule has 0 aliphatic carbocycles. The minimum Gasteiger partial charge on any atom is -0.366 e. The first-order valence-electron chi connectivity index (χ1n) is 6.32. The van der Waals surface area contributed by atoms with Crippen LogP contribution in [0.1, 0.15) is 38.4 Å². The average Bonchev–Trinajstić information content (AvgIpc) is 2.39. The Morgan fingerprint density at radius 1 is 1.44 bits per heavy atom. The van der Waals surface area contributed by atoms with Gasteiger partial charge < -0.3 is 9.57 Å². The molecule has 1 heterocycles. The summed E-state index contributed by atoms with van der Waals surface area (Å²) < 4.78 is 5.76. The summed E-state index contributed by atoms with van der Waals surface area (Å²) in [5.41, 5.74) is 1.18. The largest absolute Gasteiger partial charge is 0.366 e. The number of rotatable bonds is 3. The van der Waals surface area contributed by atoms with Gasteiger partial charge >= 0.3 is 5.97 Å². The lowest BCUT2D eigenvalue weighted by Crippen LogP contribution is -2.43. The van der Waals surface area contributed by atoms with Gasteiger partial charge in [0.05, 0.1) is 12.1 Å². The van der Waals surface area contributed by atoms with Gasteiger partial charge in [0.15, 0.2) is 0 Å². The van der Waals surface area contributed by atoms with E-state index in [1.807, 2.05) is 18.2 Å². The highest BCUT2D eigenvalue weighted by molar-refractivity contribution is 5.65. The molecule has 0 bridgehead atoms. The van der Waals surface area contributed by atoms with E-state index in [2.05, 4.69) is 19.1 Å². The van der Waals surface area contributed by atoms with E-state index in [-0.39, 0.29) is 18.1 Å². The van der Waals surface area contributed by atoms with Gasteiger partial charge in [0, 0.05) is 6.92 Å². The monoisotopic (exact) mass is 249 g/mol. The van der Waals surface area contributed by atoms with Crippen LogP contribution < -0.4 is 0 Å². The molecule has 4 nitrogen and oxygen atoms in total. The number of hydrogen-bond donors (Lipinski definition) is 0. The Hall–Kier alpha value is -1.39. The Morgan fingerprint density at radius 3 is 2.78 bits per heavy atom. The van der Waals surface area contributed by atoms with Gasteiger partial charge in [-0.05, 0) is 18.4 Å².